The third-order valence-electron chi connectivity index (χ3n) is 2.54. The second-order valence-electron chi connectivity index (χ2n) is 3.76. The summed E-state index contributed by atoms with van der Waals surface area (Å²) in [7, 11) is 0. The van der Waals surface area contributed by atoms with Crippen molar-refractivity contribution in [1.82, 2.24) is 0 Å². The van der Waals surface area contributed by atoms with Crippen LogP contribution in [0.1, 0.15) is 22.2 Å². The predicted octanol–water partition coefficient (Wildman–Crippen LogP) is 3.13. The Morgan fingerprint density at radius 2 is 2.00 bits per heavy atom. The van der Waals surface area contributed by atoms with Gasteiger partial charge in [0.05, 0.1) is 9.21 Å². The van der Waals surface area contributed by atoms with Gasteiger partial charge in [-0.3, -0.25) is 4.79 Å². The van der Waals surface area contributed by atoms with Gasteiger partial charge >= 0.3 is 0 Å². The van der Waals surface area contributed by atoms with Crippen molar-refractivity contribution in [3.05, 3.63) is 51.4 Å². The third-order valence-corrected chi connectivity index (χ3v) is 3.81. The van der Waals surface area contributed by atoms with Gasteiger partial charge in [0.2, 0.25) is 12.3 Å². The number of hydrogen-bond acceptors (Lipinski definition) is 2. The van der Waals surface area contributed by atoms with E-state index in [1.165, 1.54) is 16.9 Å². The van der Waals surface area contributed by atoms with Crippen molar-refractivity contribution in [2.45, 2.75) is 19.9 Å². The summed E-state index contributed by atoms with van der Waals surface area (Å²) in [6.45, 7) is 2.47. The van der Waals surface area contributed by atoms with Crippen LogP contribution in [0.5, 0.6) is 0 Å². The summed E-state index contributed by atoms with van der Waals surface area (Å²) in [6, 6.07) is 7.60. The fourth-order valence-electron chi connectivity index (χ4n) is 1.54. The molecular weight excluding hydrogens is 254 g/mol. The Morgan fingerprint density at radius 3 is 2.53 bits per heavy atom. The van der Waals surface area contributed by atoms with Crippen molar-refractivity contribution < 1.29 is 9.36 Å². The van der Waals surface area contributed by atoms with E-state index in [4.69, 9.17) is 11.6 Å². The highest BCUT2D eigenvalue weighted by Crippen LogP contribution is 2.21. The second kappa shape index (κ2) is 5.43. The van der Waals surface area contributed by atoms with E-state index in [9.17, 15) is 4.79 Å². The number of Topliss-reactive ketones (excluding diaryl/α,β-unsaturated/α-hetero) is 1. The molecule has 0 aromatic carbocycles. The first-order chi connectivity index (χ1) is 8.19. The first kappa shape index (κ1) is 12.3. The van der Waals surface area contributed by atoms with Gasteiger partial charge in [-0.15, -0.1) is 11.3 Å². The molecule has 0 fully saturated rings. The molecular formula is C13H13ClNOS+. The number of aryl methyl sites for hydroxylation is 1. The number of ketones is 1. The average Bonchev–Trinajstić information content (AvgIpc) is 2.77. The van der Waals surface area contributed by atoms with Crippen LogP contribution in [-0.2, 0) is 13.0 Å². The van der Waals surface area contributed by atoms with Gasteiger partial charge in [0, 0.05) is 12.1 Å². The quantitative estimate of drug-likeness (QED) is 0.615. The molecule has 0 spiro atoms. The Labute approximate surface area is 109 Å². The predicted molar refractivity (Wildman–Crippen MR) is 69.7 cm³/mol. The standard InChI is InChI=1S/C13H13ClNOS/c1-2-10-5-7-15(8-6-10)9-11(16)12-3-4-13(14)17-12/h3-8H,2,9H2,1H3/q+1. The molecule has 2 nitrogen and oxygen atoms in total. The number of rotatable bonds is 4. The van der Waals surface area contributed by atoms with Crippen LogP contribution in [-0.4, -0.2) is 5.78 Å². The molecule has 0 amide bonds. The maximum atomic E-state index is 11.9. The highest BCUT2D eigenvalue weighted by Gasteiger charge is 2.13. The Morgan fingerprint density at radius 1 is 1.29 bits per heavy atom. The average molecular weight is 267 g/mol. The summed E-state index contributed by atoms with van der Waals surface area (Å²) >= 11 is 7.13. The van der Waals surface area contributed by atoms with Crippen molar-refractivity contribution in [3.8, 4) is 0 Å². The summed E-state index contributed by atoms with van der Waals surface area (Å²) in [4.78, 5) is 12.6. The van der Waals surface area contributed by atoms with Crippen LogP contribution in [0.25, 0.3) is 0 Å². The molecule has 2 aromatic rings. The van der Waals surface area contributed by atoms with Gasteiger partial charge in [-0.25, -0.2) is 0 Å². The number of pyridine rings is 1. The van der Waals surface area contributed by atoms with Crippen molar-refractivity contribution in [2.24, 2.45) is 0 Å². The number of thiophene rings is 1. The highest BCUT2D eigenvalue weighted by atomic mass is 35.5. The van der Waals surface area contributed by atoms with E-state index in [2.05, 4.69) is 6.92 Å². The lowest BCUT2D eigenvalue weighted by Crippen LogP contribution is -2.36. The third kappa shape index (κ3) is 3.14. The molecule has 0 unspecified atom stereocenters. The molecule has 2 heterocycles. The van der Waals surface area contributed by atoms with Crippen molar-refractivity contribution in [3.63, 3.8) is 0 Å². The summed E-state index contributed by atoms with van der Waals surface area (Å²) < 4.78 is 2.54. The van der Waals surface area contributed by atoms with E-state index < -0.39 is 0 Å². The number of nitrogens with zero attached hydrogens (tertiary/aromatic N) is 1. The van der Waals surface area contributed by atoms with Gasteiger partial charge in [-0.2, -0.15) is 4.57 Å². The van der Waals surface area contributed by atoms with E-state index in [1.807, 2.05) is 29.1 Å². The fraction of sp³-hybridized carbons (Fsp3) is 0.231. The Balaban J connectivity index is 2.07. The molecule has 88 valence electrons. The Bertz CT molecular complexity index is 518. The minimum atomic E-state index is 0.0937. The zero-order chi connectivity index (χ0) is 12.3. The van der Waals surface area contributed by atoms with Crippen LogP contribution in [0.3, 0.4) is 0 Å². The molecule has 0 saturated carbocycles. The normalized spacial score (nSPS) is 10.5. The maximum absolute atomic E-state index is 11.9. The van der Waals surface area contributed by atoms with Crippen LogP contribution >= 0.6 is 22.9 Å². The van der Waals surface area contributed by atoms with Crippen LogP contribution in [0.4, 0.5) is 0 Å². The van der Waals surface area contributed by atoms with Crippen molar-refractivity contribution in [2.75, 3.05) is 0 Å². The van der Waals surface area contributed by atoms with Crippen LogP contribution in [0, 0.1) is 0 Å². The smallest absolute Gasteiger partial charge is 0.237 e. The minimum Gasteiger partial charge on any atom is -0.286 e. The molecule has 0 bridgehead atoms. The monoisotopic (exact) mass is 266 g/mol. The van der Waals surface area contributed by atoms with E-state index in [0.29, 0.717) is 15.8 Å². The zero-order valence-electron chi connectivity index (χ0n) is 9.52. The largest absolute Gasteiger partial charge is 0.286 e. The molecule has 0 aliphatic heterocycles. The number of halogens is 1. The number of carbonyl (C=O) groups excluding carboxylic acids is 1. The topological polar surface area (TPSA) is 20.9 Å². The Hall–Kier alpha value is -1.19. The lowest BCUT2D eigenvalue weighted by molar-refractivity contribution is -0.683. The number of hydrogen-bond donors (Lipinski definition) is 0. The van der Waals surface area contributed by atoms with Crippen molar-refractivity contribution >= 4 is 28.7 Å². The van der Waals surface area contributed by atoms with Gasteiger partial charge in [0.15, 0.2) is 12.4 Å². The molecule has 0 radical (unpaired) electrons. The molecule has 17 heavy (non-hydrogen) atoms. The lowest BCUT2D eigenvalue weighted by Gasteiger charge is -1.96. The Kier molecular flexibility index (Phi) is 3.92. The van der Waals surface area contributed by atoms with E-state index >= 15 is 0 Å². The van der Waals surface area contributed by atoms with Crippen LogP contribution < -0.4 is 4.57 Å². The van der Waals surface area contributed by atoms with E-state index in [0.717, 1.165) is 6.42 Å². The second-order valence-corrected chi connectivity index (χ2v) is 5.47. The molecule has 4 heteroatoms. The fourth-order valence-corrected chi connectivity index (χ4v) is 2.51. The number of aromatic nitrogens is 1. The summed E-state index contributed by atoms with van der Waals surface area (Å²) in [5.41, 5.74) is 1.27. The van der Waals surface area contributed by atoms with E-state index in [-0.39, 0.29) is 5.78 Å². The molecule has 2 rings (SSSR count). The molecule has 0 N–H and O–H groups in total. The van der Waals surface area contributed by atoms with Gasteiger partial charge in [0.25, 0.3) is 0 Å². The molecule has 2 aromatic heterocycles. The summed E-state index contributed by atoms with van der Waals surface area (Å²) in [5, 5.41) is 0. The van der Waals surface area contributed by atoms with Gasteiger partial charge in [-0.05, 0) is 24.1 Å². The van der Waals surface area contributed by atoms with Crippen molar-refractivity contribution in [1.29, 1.82) is 0 Å². The van der Waals surface area contributed by atoms with E-state index in [1.54, 1.807) is 12.1 Å². The zero-order valence-corrected chi connectivity index (χ0v) is 11.1. The van der Waals surface area contributed by atoms with Gasteiger partial charge in [-0.1, -0.05) is 18.5 Å². The van der Waals surface area contributed by atoms with Gasteiger partial charge < -0.3 is 0 Å². The maximum Gasteiger partial charge on any atom is 0.237 e. The molecule has 0 saturated heterocycles. The molecule has 0 aliphatic carbocycles. The van der Waals surface area contributed by atoms with Crippen LogP contribution in [0.2, 0.25) is 4.34 Å². The summed E-state index contributed by atoms with van der Waals surface area (Å²) in [6.07, 6.45) is 4.88. The number of carbonyl (C=O) groups is 1. The highest BCUT2D eigenvalue weighted by molar-refractivity contribution is 7.18. The molecule has 0 atom stereocenters. The lowest BCUT2D eigenvalue weighted by atomic mass is 10.2. The van der Waals surface area contributed by atoms with Gasteiger partial charge in [0.1, 0.15) is 0 Å². The SMILES string of the molecule is CCc1cc[n+](CC(=O)c2ccc(Cl)s2)cc1. The minimum absolute atomic E-state index is 0.0937. The first-order valence-electron chi connectivity index (χ1n) is 5.45. The molecule has 0 aliphatic rings. The summed E-state index contributed by atoms with van der Waals surface area (Å²) in [5.74, 6) is 0.0937. The first-order valence-corrected chi connectivity index (χ1v) is 6.65. The van der Waals surface area contributed by atoms with Crippen LogP contribution in [0.15, 0.2) is 36.7 Å².